The summed E-state index contributed by atoms with van der Waals surface area (Å²) < 4.78 is 51.5. The fourth-order valence-corrected chi connectivity index (χ4v) is 7.08. The lowest BCUT2D eigenvalue weighted by Crippen LogP contribution is -2.47. The second-order valence-corrected chi connectivity index (χ2v) is 12.5. The number of likely N-dealkylation sites (tertiary alicyclic amines) is 1. The molecule has 2 saturated heterocycles. The number of hydrogen-bond donors (Lipinski definition) is 2. The molecule has 14 heteroatoms. The molecule has 2 amide bonds. The fourth-order valence-electron chi connectivity index (χ4n) is 7.08. The molecule has 1 aromatic carbocycles. The van der Waals surface area contributed by atoms with Crippen molar-refractivity contribution in [1.82, 2.24) is 29.1 Å². The zero-order valence-electron chi connectivity index (χ0n) is 25.6. The van der Waals surface area contributed by atoms with Crippen LogP contribution in [0.3, 0.4) is 0 Å². The van der Waals surface area contributed by atoms with Crippen LogP contribution in [0.2, 0.25) is 0 Å². The van der Waals surface area contributed by atoms with Crippen molar-refractivity contribution >= 4 is 28.5 Å². The maximum absolute atomic E-state index is 15.1. The Balaban J connectivity index is 1.00. The molecule has 2 aromatic heterocycles. The van der Waals surface area contributed by atoms with Crippen molar-refractivity contribution in [3.8, 4) is 11.8 Å². The van der Waals surface area contributed by atoms with E-state index in [1.807, 2.05) is 0 Å². The third-order valence-electron chi connectivity index (χ3n) is 9.49. The van der Waals surface area contributed by atoms with Crippen molar-refractivity contribution in [2.45, 2.75) is 75.7 Å². The predicted octanol–water partition coefficient (Wildman–Crippen LogP) is 3.25. The zero-order valence-corrected chi connectivity index (χ0v) is 25.6. The number of piperidine rings is 2. The van der Waals surface area contributed by atoms with Gasteiger partial charge in [-0.2, -0.15) is 5.10 Å². The van der Waals surface area contributed by atoms with E-state index < -0.39 is 30.7 Å². The third kappa shape index (κ3) is 6.43. The predicted molar refractivity (Wildman–Crippen MR) is 164 cm³/mol. The lowest BCUT2D eigenvalue weighted by molar-refractivity contribution is -0.135. The van der Waals surface area contributed by atoms with Crippen LogP contribution in [-0.4, -0.2) is 74.1 Å². The third-order valence-corrected chi connectivity index (χ3v) is 9.49. The normalized spacial score (nSPS) is 25.9. The highest BCUT2D eigenvalue weighted by Crippen LogP contribution is 2.35. The molecule has 11 nitrogen and oxygen atoms in total. The number of carbonyl (C=O) groups is 2. The summed E-state index contributed by atoms with van der Waals surface area (Å²) in [5.74, 6) is 5.55. The Morgan fingerprint density at radius 1 is 1.13 bits per heavy atom. The molecule has 1 saturated carbocycles. The molecule has 3 atom stereocenters. The molecule has 3 aliphatic rings. The smallest absolute Gasteiger partial charge is 0.329 e. The van der Waals surface area contributed by atoms with E-state index >= 15 is 4.39 Å². The molecule has 6 rings (SSSR count). The Morgan fingerprint density at radius 3 is 2.61 bits per heavy atom. The first-order chi connectivity index (χ1) is 22.1. The van der Waals surface area contributed by atoms with Crippen LogP contribution in [0.15, 0.2) is 29.2 Å². The highest BCUT2D eigenvalue weighted by atomic mass is 19.3. The second kappa shape index (κ2) is 13.3. The van der Waals surface area contributed by atoms with E-state index in [-0.39, 0.29) is 55.0 Å². The van der Waals surface area contributed by atoms with Gasteiger partial charge in [-0.3, -0.25) is 33.6 Å². The van der Waals surface area contributed by atoms with E-state index in [4.69, 9.17) is 10.5 Å². The van der Waals surface area contributed by atoms with Crippen molar-refractivity contribution in [1.29, 1.82) is 0 Å². The Labute approximate surface area is 263 Å². The molecule has 46 heavy (non-hydrogen) atoms. The molecule has 0 bridgehead atoms. The average molecular weight is 642 g/mol. The second-order valence-electron chi connectivity index (χ2n) is 12.5. The molecule has 0 spiro atoms. The fraction of sp³-hybridized carbons (Fsp3) is 0.562. The number of aryl methyl sites for hydroxylation is 1. The topological polar surface area (TPSA) is 129 Å². The summed E-state index contributed by atoms with van der Waals surface area (Å²) in [5, 5.41) is 6.31. The van der Waals surface area contributed by atoms with Gasteiger partial charge in [0.1, 0.15) is 18.8 Å². The number of nitrogens with two attached hydrogens (primary N) is 1. The Kier molecular flexibility index (Phi) is 9.24. The summed E-state index contributed by atoms with van der Waals surface area (Å²) in [6, 6.07) is 4.54. The summed E-state index contributed by atoms with van der Waals surface area (Å²) in [7, 11) is 1.61. The van der Waals surface area contributed by atoms with Gasteiger partial charge in [0.05, 0.1) is 34.4 Å². The van der Waals surface area contributed by atoms with Crippen LogP contribution in [0.1, 0.15) is 74.7 Å². The molecule has 246 valence electrons. The van der Waals surface area contributed by atoms with Crippen LogP contribution in [0.4, 0.5) is 18.9 Å². The number of carbonyl (C=O) groups excluding carboxylic acids is 2. The lowest BCUT2D eigenvalue weighted by Gasteiger charge is -2.38. The first kappa shape index (κ1) is 31.9. The monoisotopic (exact) mass is 641 g/mol. The number of anilines is 1. The molecule has 2 aliphatic heterocycles. The molecule has 0 radical (unpaired) electrons. The van der Waals surface area contributed by atoms with E-state index in [1.54, 1.807) is 29.9 Å². The maximum Gasteiger partial charge on any atom is 0.329 e. The van der Waals surface area contributed by atoms with Crippen molar-refractivity contribution in [2.75, 3.05) is 32.0 Å². The maximum atomic E-state index is 15.1. The van der Waals surface area contributed by atoms with E-state index in [1.165, 1.54) is 15.3 Å². The number of benzene rings is 1. The molecule has 3 N–H and O–H groups in total. The number of nitrogens with zero attached hydrogens (tertiary/aromatic N) is 5. The minimum Gasteiger partial charge on any atom is -0.396 e. The van der Waals surface area contributed by atoms with E-state index in [9.17, 15) is 23.2 Å². The minimum absolute atomic E-state index is 0.0215. The van der Waals surface area contributed by atoms with Gasteiger partial charge < -0.3 is 10.5 Å². The van der Waals surface area contributed by atoms with Gasteiger partial charge in [0.25, 0.3) is 6.43 Å². The van der Waals surface area contributed by atoms with E-state index in [0.717, 1.165) is 32.2 Å². The van der Waals surface area contributed by atoms with Crippen molar-refractivity contribution in [3.05, 3.63) is 46.1 Å². The molecular weight excluding hydrogens is 603 g/mol. The van der Waals surface area contributed by atoms with Crippen LogP contribution >= 0.6 is 0 Å². The Bertz CT molecular complexity index is 1730. The molecule has 1 unspecified atom stereocenters. The molecule has 1 aliphatic carbocycles. The zero-order chi connectivity index (χ0) is 32.5. The molecular formula is C32H38F3N7O4. The first-order valence-corrected chi connectivity index (χ1v) is 15.7. The van der Waals surface area contributed by atoms with Crippen LogP contribution in [0.25, 0.3) is 11.0 Å². The standard InChI is InChI=1S/C32H38F3N7O4/c1-39-29-20(4-2-6-24(29)42(32(39)45)25-11-12-27(43)37-31(25)44)5-3-15-46-26-13-14-40(17-22(26)33)16-19-7-9-21(10-8-19)41-18-23(36)28(38-41)30(34)35/h2,4,6,18-19,21-22,25-26,30H,7-17,36H2,1H3,(H,37,43,44)/t19-,21-,22-,25?,26-/m0/s1. The first-order valence-electron chi connectivity index (χ1n) is 15.7. The number of rotatable bonds is 7. The van der Waals surface area contributed by atoms with E-state index in [2.05, 4.69) is 27.2 Å². The number of halogens is 3. The van der Waals surface area contributed by atoms with Crippen LogP contribution < -0.4 is 16.7 Å². The number of amides is 2. The largest absolute Gasteiger partial charge is 0.396 e. The number of aromatic nitrogens is 4. The Morgan fingerprint density at radius 2 is 1.91 bits per heavy atom. The molecule has 4 heterocycles. The van der Waals surface area contributed by atoms with Crippen LogP contribution in [0, 0.1) is 17.8 Å². The Hall–Kier alpha value is -4.09. The number of imidazole rings is 1. The van der Waals surface area contributed by atoms with Gasteiger partial charge >= 0.3 is 5.69 Å². The van der Waals surface area contributed by atoms with Gasteiger partial charge in [0, 0.05) is 39.3 Å². The number of hydrogen-bond acceptors (Lipinski definition) is 7. The summed E-state index contributed by atoms with van der Waals surface area (Å²) >= 11 is 0. The number of fused-ring (bicyclic) bond motifs is 1. The SMILES string of the molecule is Cn1c(=O)n(C2CCC(=O)NC2=O)c2cccc(C#CCO[C@H]3CCN(C[C@H]4CC[C@H](n5cc(N)c(C(F)F)n5)CC4)C[C@@H]3F)c21. The van der Waals surface area contributed by atoms with Gasteiger partial charge in [-0.05, 0) is 56.6 Å². The van der Waals surface area contributed by atoms with Gasteiger partial charge in [0.15, 0.2) is 5.69 Å². The van der Waals surface area contributed by atoms with Gasteiger partial charge in [0.2, 0.25) is 11.8 Å². The molecule has 3 aromatic rings. The quantitative estimate of drug-likeness (QED) is 0.299. The number of imide groups is 1. The van der Waals surface area contributed by atoms with Crippen molar-refractivity contribution < 1.29 is 27.5 Å². The lowest BCUT2D eigenvalue weighted by atomic mass is 9.85. The van der Waals surface area contributed by atoms with Gasteiger partial charge in [-0.1, -0.05) is 17.9 Å². The number of alkyl halides is 3. The summed E-state index contributed by atoms with van der Waals surface area (Å²) in [6.45, 7) is 1.80. The van der Waals surface area contributed by atoms with Crippen molar-refractivity contribution in [2.24, 2.45) is 13.0 Å². The minimum atomic E-state index is -2.69. The number of nitrogens with one attached hydrogen (secondary N) is 1. The summed E-state index contributed by atoms with van der Waals surface area (Å²) in [4.78, 5) is 39.3. The number of ether oxygens (including phenoxy) is 1. The summed E-state index contributed by atoms with van der Waals surface area (Å²) in [5.41, 5.74) is 6.68. The highest BCUT2D eigenvalue weighted by molar-refractivity contribution is 6.00. The molecule has 3 fully saturated rings. The van der Waals surface area contributed by atoms with Gasteiger partial charge in [-0.25, -0.2) is 18.0 Å². The summed E-state index contributed by atoms with van der Waals surface area (Å²) in [6.07, 6.45) is 1.48. The van der Waals surface area contributed by atoms with Crippen LogP contribution in [0.5, 0.6) is 0 Å². The number of para-hydroxylation sites is 1. The number of nitrogen functional groups attached to an aromatic ring is 1. The average Bonchev–Trinajstić information content (AvgIpc) is 3.54. The van der Waals surface area contributed by atoms with Crippen LogP contribution in [-0.2, 0) is 21.4 Å². The highest BCUT2D eigenvalue weighted by Gasteiger charge is 2.33. The van der Waals surface area contributed by atoms with E-state index in [0.29, 0.717) is 35.5 Å². The van der Waals surface area contributed by atoms with Gasteiger partial charge in [-0.15, -0.1) is 0 Å². The van der Waals surface area contributed by atoms with Crippen molar-refractivity contribution in [3.63, 3.8) is 0 Å².